The number of nitrogens with one attached hydrogen (secondary N) is 1. The van der Waals surface area contributed by atoms with E-state index in [1.54, 1.807) is 6.07 Å². The molecule has 0 saturated carbocycles. The van der Waals surface area contributed by atoms with Crippen LogP contribution in [-0.4, -0.2) is 29.1 Å². The van der Waals surface area contributed by atoms with Crippen molar-refractivity contribution in [1.29, 1.82) is 0 Å². The van der Waals surface area contributed by atoms with Gasteiger partial charge in [-0.15, -0.1) is 0 Å². The van der Waals surface area contributed by atoms with Crippen molar-refractivity contribution in [2.45, 2.75) is 32.7 Å². The van der Waals surface area contributed by atoms with Crippen LogP contribution in [-0.2, 0) is 4.79 Å². The number of hydrogen-bond acceptors (Lipinski definition) is 3. The molecule has 6 heteroatoms. The first-order valence-corrected chi connectivity index (χ1v) is 7.01. The molecule has 20 heavy (non-hydrogen) atoms. The molecule has 0 aliphatic carbocycles. The van der Waals surface area contributed by atoms with E-state index in [9.17, 15) is 9.59 Å². The van der Waals surface area contributed by atoms with E-state index in [1.165, 1.54) is 12.1 Å². The Hall–Kier alpha value is -1.56. The predicted octanol–water partition coefficient (Wildman–Crippen LogP) is 2.83. The highest BCUT2D eigenvalue weighted by molar-refractivity contribution is 9.10. The lowest BCUT2D eigenvalue weighted by Gasteiger charge is -2.24. The Morgan fingerprint density at radius 2 is 2.05 bits per heavy atom. The van der Waals surface area contributed by atoms with Gasteiger partial charge in [-0.3, -0.25) is 4.79 Å². The summed E-state index contributed by atoms with van der Waals surface area (Å²) in [6, 6.07) is 4.41. The van der Waals surface area contributed by atoms with Gasteiger partial charge in [-0.25, -0.2) is 4.79 Å². The number of ether oxygens (including phenoxy) is 1. The van der Waals surface area contributed by atoms with Crippen LogP contribution in [0.4, 0.5) is 0 Å². The fourth-order valence-corrected chi connectivity index (χ4v) is 1.75. The fourth-order valence-electron chi connectivity index (χ4n) is 1.39. The molecule has 0 aromatic heterocycles. The lowest BCUT2D eigenvalue weighted by Crippen LogP contribution is -2.44. The summed E-state index contributed by atoms with van der Waals surface area (Å²) < 4.78 is 5.96. The Labute approximate surface area is 126 Å². The lowest BCUT2D eigenvalue weighted by molar-refractivity contribution is -0.124. The van der Waals surface area contributed by atoms with Gasteiger partial charge in [-0.05, 0) is 54.4 Å². The topological polar surface area (TPSA) is 75.6 Å². The van der Waals surface area contributed by atoms with E-state index in [0.717, 1.165) is 6.42 Å². The van der Waals surface area contributed by atoms with Crippen LogP contribution in [0.25, 0.3) is 0 Å². The van der Waals surface area contributed by atoms with Crippen molar-refractivity contribution in [3.05, 3.63) is 28.2 Å². The second-order valence-electron chi connectivity index (χ2n) is 5.02. The molecular weight excluding hydrogens is 326 g/mol. The van der Waals surface area contributed by atoms with Gasteiger partial charge in [0.1, 0.15) is 5.75 Å². The van der Waals surface area contributed by atoms with Crippen LogP contribution in [0.15, 0.2) is 22.7 Å². The van der Waals surface area contributed by atoms with Crippen molar-refractivity contribution < 1.29 is 19.4 Å². The Kier molecular flexibility index (Phi) is 5.56. The summed E-state index contributed by atoms with van der Waals surface area (Å²) in [6.45, 7) is 5.66. The van der Waals surface area contributed by atoms with Gasteiger partial charge in [0.2, 0.25) is 0 Å². The minimum absolute atomic E-state index is 0.109. The third kappa shape index (κ3) is 4.85. The molecule has 0 saturated heterocycles. The van der Waals surface area contributed by atoms with Crippen LogP contribution < -0.4 is 10.1 Å². The van der Waals surface area contributed by atoms with Gasteiger partial charge >= 0.3 is 5.97 Å². The van der Waals surface area contributed by atoms with Gasteiger partial charge in [-0.1, -0.05) is 6.92 Å². The number of carboxylic acids is 1. The quantitative estimate of drug-likeness (QED) is 0.832. The monoisotopic (exact) mass is 343 g/mol. The Morgan fingerprint density at radius 3 is 2.60 bits per heavy atom. The van der Waals surface area contributed by atoms with Crippen molar-refractivity contribution in [2.24, 2.45) is 0 Å². The van der Waals surface area contributed by atoms with E-state index >= 15 is 0 Å². The van der Waals surface area contributed by atoms with Crippen molar-refractivity contribution >= 4 is 27.8 Å². The third-order valence-corrected chi connectivity index (χ3v) is 3.55. The largest absolute Gasteiger partial charge is 0.483 e. The Morgan fingerprint density at radius 1 is 1.40 bits per heavy atom. The first-order valence-electron chi connectivity index (χ1n) is 6.22. The van der Waals surface area contributed by atoms with Crippen LogP contribution in [0.5, 0.6) is 5.75 Å². The number of carbonyl (C=O) groups excluding carboxylic acids is 1. The normalized spacial score (nSPS) is 11.0. The third-order valence-electron chi connectivity index (χ3n) is 2.90. The molecule has 5 nitrogen and oxygen atoms in total. The number of benzene rings is 1. The average molecular weight is 344 g/mol. The maximum Gasteiger partial charge on any atom is 0.335 e. The molecule has 0 atom stereocenters. The fraction of sp³-hybridized carbons (Fsp3) is 0.429. The number of halogens is 1. The molecule has 1 rings (SSSR count). The summed E-state index contributed by atoms with van der Waals surface area (Å²) in [7, 11) is 0. The van der Waals surface area contributed by atoms with Crippen molar-refractivity contribution in [1.82, 2.24) is 5.32 Å². The molecular formula is C14H18BrNO4. The van der Waals surface area contributed by atoms with Gasteiger partial charge in [0.15, 0.2) is 6.61 Å². The summed E-state index contributed by atoms with van der Waals surface area (Å²) in [5.74, 6) is -0.960. The maximum absolute atomic E-state index is 11.8. The molecule has 0 fully saturated rings. The van der Waals surface area contributed by atoms with Gasteiger partial charge in [0, 0.05) is 5.54 Å². The second kappa shape index (κ2) is 6.74. The van der Waals surface area contributed by atoms with E-state index in [0.29, 0.717) is 10.2 Å². The first-order chi connectivity index (χ1) is 9.25. The average Bonchev–Trinajstić information content (AvgIpc) is 2.37. The van der Waals surface area contributed by atoms with Gasteiger partial charge in [0.05, 0.1) is 10.0 Å². The zero-order valence-corrected chi connectivity index (χ0v) is 13.3. The molecule has 2 N–H and O–H groups in total. The summed E-state index contributed by atoms with van der Waals surface area (Å²) in [6.07, 6.45) is 0.803. The highest BCUT2D eigenvalue weighted by Crippen LogP contribution is 2.26. The van der Waals surface area contributed by atoms with Crippen LogP contribution in [0.1, 0.15) is 37.6 Å². The van der Waals surface area contributed by atoms with E-state index in [4.69, 9.17) is 9.84 Å². The molecule has 0 radical (unpaired) electrons. The Balaban J connectivity index is 2.68. The molecule has 1 aromatic carbocycles. The number of hydrogen-bond donors (Lipinski definition) is 2. The molecule has 0 bridgehead atoms. The molecule has 110 valence electrons. The molecule has 0 heterocycles. The number of carboxylic acid groups (broad SMARTS) is 1. The smallest absolute Gasteiger partial charge is 0.335 e. The van der Waals surface area contributed by atoms with Crippen molar-refractivity contribution in [3.63, 3.8) is 0 Å². The highest BCUT2D eigenvalue weighted by Gasteiger charge is 2.18. The Bertz CT molecular complexity index is 514. The molecule has 0 spiro atoms. The number of rotatable bonds is 6. The second-order valence-corrected chi connectivity index (χ2v) is 5.88. The van der Waals surface area contributed by atoms with Gasteiger partial charge in [-0.2, -0.15) is 0 Å². The van der Waals surface area contributed by atoms with Crippen LogP contribution in [0.3, 0.4) is 0 Å². The molecule has 0 aliphatic heterocycles. The van der Waals surface area contributed by atoms with Crippen molar-refractivity contribution in [2.75, 3.05) is 6.61 Å². The van der Waals surface area contributed by atoms with Gasteiger partial charge in [0.25, 0.3) is 5.91 Å². The number of carbonyl (C=O) groups is 2. The summed E-state index contributed by atoms with van der Waals surface area (Å²) >= 11 is 3.26. The molecule has 0 aliphatic rings. The van der Waals surface area contributed by atoms with Crippen LogP contribution in [0.2, 0.25) is 0 Å². The van der Waals surface area contributed by atoms with E-state index in [2.05, 4.69) is 21.2 Å². The van der Waals surface area contributed by atoms with E-state index in [1.807, 2.05) is 20.8 Å². The lowest BCUT2D eigenvalue weighted by atomic mass is 10.0. The molecule has 0 unspecified atom stereocenters. The van der Waals surface area contributed by atoms with E-state index < -0.39 is 5.97 Å². The SMILES string of the molecule is CCC(C)(C)NC(=O)COc1cc(C(=O)O)ccc1Br. The van der Waals surface area contributed by atoms with Crippen LogP contribution >= 0.6 is 15.9 Å². The first kappa shape index (κ1) is 16.5. The highest BCUT2D eigenvalue weighted by atomic mass is 79.9. The number of aromatic carboxylic acids is 1. The predicted molar refractivity (Wildman–Crippen MR) is 79.1 cm³/mol. The van der Waals surface area contributed by atoms with E-state index in [-0.39, 0.29) is 23.6 Å². The van der Waals surface area contributed by atoms with Crippen molar-refractivity contribution in [3.8, 4) is 5.75 Å². The summed E-state index contributed by atoms with van der Waals surface area (Å²) in [5.41, 5.74) is -0.182. The minimum atomic E-state index is -1.04. The molecule has 1 amide bonds. The summed E-state index contributed by atoms with van der Waals surface area (Å²) in [4.78, 5) is 22.6. The van der Waals surface area contributed by atoms with Crippen LogP contribution in [0, 0.1) is 0 Å². The summed E-state index contributed by atoms with van der Waals surface area (Å²) in [5, 5.41) is 11.7. The standard InChI is InChI=1S/C14H18BrNO4/c1-4-14(2,3)16-12(17)8-20-11-7-9(13(18)19)5-6-10(11)15/h5-7H,4,8H2,1-3H3,(H,16,17)(H,18,19). The minimum Gasteiger partial charge on any atom is -0.483 e. The van der Waals surface area contributed by atoms with Gasteiger partial charge < -0.3 is 15.2 Å². The molecule has 1 aromatic rings. The zero-order chi connectivity index (χ0) is 15.3. The number of amides is 1. The zero-order valence-electron chi connectivity index (χ0n) is 11.7. The maximum atomic E-state index is 11.8.